The first-order valence-corrected chi connectivity index (χ1v) is 7.48. The maximum absolute atomic E-state index is 12.6. The Labute approximate surface area is 120 Å². The minimum Gasteiger partial charge on any atom is -0.337 e. The molecule has 2 heterocycles. The van der Waals surface area contributed by atoms with E-state index in [1.807, 2.05) is 17.9 Å². The molecule has 2 aliphatic rings. The van der Waals surface area contributed by atoms with Crippen molar-refractivity contribution in [2.24, 2.45) is 0 Å². The van der Waals surface area contributed by atoms with Crippen molar-refractivity contribution >= 4 is 11.5 Å². The van der Waals surface area contributed by atoms with Crippen molar-refractivity contribution < 1.29 is 4.79 Å². The molecule has 1 unspecified atom stereocenters. The molecular weight excluding hydrogens is 248 g/mol. The summed E-state index contributed by atoms with van der Waals surface area (Å²) < 4.78 is 0. The fraction of sp³-hybridized carbons (Fsp3) is 0.471. The van der Waals surface area contributed by atoms with Crippen LogP contribution in [-0.4, -0.2) is 36.0 Å². The number of rotatable bonds is 2. The van der Waals surface area contributed by atoms with E-state index in [0.29, 0.717) is 0 Å². The summed E-state index contributed by atoms with van der Waals surface area (Å²) >= 11 is 0. The molecule has 0 aromatic heterocycles. The Hall–Kier alpha value is -1.61. The highest BCUT2D eigenvalue weighted by molar-refractivity contribution is 5.87. The van der Waals surface area contributed by atoms with E-state index in [2.05, 4.69) is 35.7 Å². The van der Waals surface area contributed by atoms with Crippen LogP contribution >= 0.6 is 0 Å². The average Bonchev–Trinajstić information content (AvgIpc) is 2.96. The van der Waals surface area contributed by atoms with Crippen molar-refractivity contribution in [1.82, 2.24) is 10.2 Å². The van der Waals surface area contributed by atoms with Gasteiger partial charge in [0.1, 0.15) is 0 Å². The topological polar surface area (TPSA) is 32.3 Å². The fourth-order valence-electron chi connectivity index (χ4n) is 3.19. The highest BCUT2D eigenvalue weighted by Crippen LogP contribution is 2.26. The van der Waals surface area contributed by atoms with Gasteiger partial charge in [-0.3, -0.25) is 4.79 Å². The maximum atomic E-state index is 12.6. The van der Waals surface area contributed by atoms with E-state index < -0.39 is 0 Å². The minimum absolute atomic E-state index is 0.262. The van der Waals surface area contributed by atoms with Crippen molar-refractivity contribution in [3.8, 4) is 0 Å². The molecule has 20 heavy (non-hydrogen) atoms. The molecule has 0 saturated carbocycles. The van der Waals surface area contributed by atoms with Crippen LogP contribution in [0, 0.1) is 0 Å². The number of hydrogen-bond donors (Lipinski definition) is 1. The van der Waals surface area contributed by atoms with E-state index in [1.54, 1.807) is 0 Å². The lowest BCUT2D eigenvalue weighted by Crippen LogP contribution is -2.53. The Morgan fingerprint density at radius 1 is 1.30 bits per heavy atom. The molecule has 2 aliphatic heterocycles. The van der Waals surface area contributed by atoms with Crippen LogP contribution in [0.15, 0.2) is 36.4 Å². The van der Waals surface area contributed by atoms with Crippen molar-refractivity contribution in [3.63, 3.8) is 0 Å². The lowest BCUT2D eigenvalue weighted by Gasteiger charge is -2.34. The van der Waals surface area contributed by atoms with E-state index in [-0.39, 0.29) is 11.4 Å². The third-order valence-electron chi connectivity index (χ3n) is 4.48. The number of benzene rings is 1. The second kappa shape index (κ2) is 5.41. The third kappa shape index (κ3) is 2.50. The SMILES string of the molecule is CC1(C(=O)N2CC=C(c3ccccc3)CC2)CCCN1. The molecule has 1 N–H and O–H groups in total. The molecule has 3 heteroatoms. The Balaban J connectivity index is 1.69. The summed E-state index contributed by atoms with van der Waals surface area (Å²) in [5.74, 6) is 0.262. The summed E-state index contributed by atoms with van der Waals surface area (Å²) in [6.07, 6.45) is 5.21. The Morgan fingerprint density at radius 3 is 2.70 bits per heavy atom. The van der Waals surface area contributed by atoms with E-state index in [0.717, 1.165) is 38.9 Å². The summed E-state index contributed by atoms with van der Waals surface area (Å²) in [6, 6.07) is 10.5. The normalized spacial score (nSPS) is 26.4. The summed E-state index contributed by atoms with van der Waals surface area (Å²) in [5, 5.41) is 3.36. The Kier molecular flexibility index (Phi) is 3.62. The summed E-state index contributed by atoms with van der Waals surface area (Å²) in [6.45, 7) is 4.57. The molecule has 3 rings (SSSR count). The first kappa shape index (κ1) is 13.4. The highest BCUT2D eigenvalue weighted by Gasteiger charge is 2.39. The van der Waals surface area contributed by atoms with Gasteiger partial charge in [0, 0.05) is 13.1 Å². The van der Waals surface area contributed by atoms with Crippen molar-refractivity contribution in [3.05, 3.63) is 42.0 Å². The van der Waals surface area contributed by atoms with Gasteiger partial charge >= 0.3 is 0 Å². The minimum atomic E-state index is -0.335. The van der Waals surface area contributed by atoms with Crippen LogP contribution in [0.25, 0.3) is 5.57 Å². The van der Waals surface area contributed by atoms with Gasteiger partial charge in [-0.2, -0.15) is 0 Å². The van der Waals surface area contributed by atoms with Gasteiger partial charge < -0.3 is 10.2 Å². The van der Waals surface area contributed by atoms with E-state index in [4.69, 9.17) is 0 Å². The molecule has 0 spiro atoms. The van der Waals surface area contributed by atoms with Crippen molar-refractivity contribution in [2.45, 2.75) is 31.7 Å². The van der Waals surface area contributed by atoms with E-state index in [9.17, 15) is 4.79 Å². The molecule has 1 fully saturated rings. The second-order valence-corrected chi connectivity index (χ2v) is 5.96. The van der Waals surface area contributed by atoms with Crippen molar-refractivity contribution in [1.29, 1.82) is 0 Å². The van der Waals surface area contributed by atoms with Gasteiger partial charge in [0.15, 0.2) is 0 Å². The zero-order chi connectivity index (χ0) is 14.0. The van der Waals surface area contributed by atoms with Crippen LogP contribution in [0.4, 0.5) is 0 Å². The summed E-state index contributed by atoms with van der Waals surface area (Å²) in [5.41, 5.74) is 2.31. The molecule has 0 bridgehead atoms. The quantitative estimate of drug-likeness (QED) is 0.895. The highest BCUT2D eigenvalue weighted by atomic mass is 16.2. The monoisotopic (exact) mass is 270 g/mol. The molecule has 1 aromatic carbocycles. The average molecular weight is 270 g/mol. The molecule has 1 aromatic rings. The van der Waals surface area contributed by atoms with Gasteiger partial charge in [0.25, 0.3) is 0 Å². The van der Waals surface area contributed by atoms with Gasteiger partial charge in [-0.05, 0) is 43.9 Å². The first-order valence-electron chi connectivity index (χ1n) is 7.48. The number of carbonyl (C=O) groups is 1. The molecule has 0 radical (unpaired) electrons. The van der Waals surface area contributed by atoms with Gasteiger partial charge in [0.2, 0.25) is 5.91 Å². The number of amides is 1. The number of hydrogen-bond acceptors (Lipinski definition) is 2. The molecular formula is C17H22N2O. The molecule has 106 valence electrons. The van der Waals surface area contributed by atoms with Crippen LogP contribution in [0.5, 0.6) is 0 Å². The lowest BCUT2D eigenvalue weighted by molar-refractivity contribution is -0.136. The lowest BCUT2D eigenvalue weighted by atomic mass is 9.95. The van der Waals surface area contributed by atoms with Crippen molar-refractivity contribution in [2.75, 3.05) is 19.6 Å². The van der Waals surface area contributed by atoms with Crippen LogP contribution in [0.3, 0.4) is 0 Å². The van der Waals surface area contributed by atoms with E-state index >= 15 is 0 Å². The molecule has 3 nitrogen and oxygen atoms in total. The second-order valence-electron chi connectivity index (χ2n) is 5.96. The Bertz CT molecular complexity index is 515. The van der Waals surface area contributed by atoms with Gasteiger partial charge in [-0.25, -0.2) is 0 Å². The third-order valence-corrected chi connectivity index (χ3v) is 4.48. The zero-order valence-electron chi connectivity index (χ0n) is 12.1. The predicted octanol–water partition coefficient (Wildman–Crippen LogP) is 2.44. The first-order chi connectivity index (χ1) is 9.69. The van der Waals surface area contributed by atoms with E-state index in [1.165, 1.54) is 11.1 Å². The van der Waals surface area contributed by atoms with Crippen LogP contribution in [-0.2, 0) is 4.79 Å². The van der Waals surface area contributed by atoms with Crippen LogP contribution < -0.4 is 5.32 Å². The fourth-order valence-corrected chi connectivity index (χ4v) is 3.19. The van der Waals surface area contributed by atoms with Gasteiger partial charge in [0.05, 0.1) is 5.54 Å². The molecule has 1 atom stereocenters. The molecule has 1 saturated heterocycles. The standard InChI is InChI=1S/C17H22N2O/c1-17(10-5-11-18-17)16(20)19-12-8-15(9-13-19)14-6-3-2-4-7-14/h2-4,6-8,18H,5,9-13H2,1H3. The largest absolute Gasteiger partial charge is 0.337 e. The zero-order valence-corrected chi connectivity index (χ0v) is 12.1. The Morgan fingerprint density at radius 2 is 2.10 bits per heavy atom. The van der Waals surface area contributed by atoms with Gasteiger partial charge in [-0.1, -0.05) is 36.4 Å². The van der Waals surface area contributed by atoms with Crippen LogP contribution in [0.1, 0.15) is 31.7 Å². The van der Waals surface area contributed by atoms with Gasteiger partial charge in [-0.15, -0.1) is 0 Å². The number of carbonyl (C=O) groups excluding carboxylic acids is 1. The number of nitrogens with one attached hydrogen (secondary N) is 1. The van der Waals surface area contributed by atoms with Crippen LogP contribution in [0.2, 0.25) is 0 Å². The summed E-state index contributed by atoms with van der Waals surface area (Å²) in [4.78, 5) is 14.6. The molecule has 1 amide bonds. The smallest absolute Gasteiger partial charge is 0.242 e. The summed E-state index contributed by atoms with van der Waals surface area (Å²) in [7, 11) is 0. The maximum Gasteiger partial charge on any atom is 0.242 e. The molecule has 0 aliphatic carbocycles. The predicted molar refractivity (Wildman–Crippen MR) is 81.3 cm³/mol. The number of nitrogens with zero attached hydrogens (tertiary/aromatic N) is 1.